The van der Waals surface area contributed by atoms with Crippen LogP contribution in [0.1, 0.15) is 49.8 Å². The summed E-state index contributed by atoms with van der Waals surface area (Å²) in [4.78, 5) is 12.3. The minimum absolute atomic E-state index is 0.0543. The van der Waals surface area contributed by atoms with Gasteiger partial charge in [0.2, 0.25) is 0 Å². The first-order valence-corrected chi connectivity index (χ1v) is 7.35. The molecule has 0 bridgehead atoms. The number of rotatable bonds is 5. The molecule has 0 radical (unpaired) electrons. The highest BCUT2D eigenvalue weighted by Gasteiger charge is 2.23. The molecule has 6 nitrogen and oxygen atoms in total. The standard InChI is InChI=1S/C16H22N4O2/c1-10(2)15-14(16(21)17-11(3)4)18-19-20(15)12-6-8-13(22-5)9-7-12/h6-11H,1-5H3,(H,17,21). The number of ether oxygens (including phenoxy) is 1. The highest BCUT2D eigenvalue weighted by atomic mass is 16.5. The van der Waals surface area contributed by atoms with Crippen molar-refractivity contribution in [3.05, 3.63) is 35.7 Å². The summed E-state index contributed by atoms with van der Waals surface area (Å²) in [6.07, 6.45) is 0. The van der Waals surface area contributed by atoms with Gasteiger partial charge >= 0.3 is 0 Å². The van der Waals surface area contributed by atoms with Crippen LogP contribution in [0.2, 0.25) is 0 Å². The van der Waals surface area contributed by atoms with Crippen molar-refractivity contribution in [2.75, 3.05) is 7.11 Å². The molecule has 0 spiro atoms. The van der Waals surface area contributed by atoms with Crippen molar-refractivity contribution in [2.45, 2.75) is 39.7 Å². The molecule has 2 rings (SSSR count). The number of nitrogens with one attached hydrogen (secondary N) is 1. The molecule has 0 aliphatic carbocycles. The Morgan fingerprint density at radius 2 is 1.82 bits per heavy atom. The molecule has 2 aromatic rings. The number of amides is 1. The molecule has 1 amide bonds. The maximum absolute atomic E-state index is 12.3. The van der Waals surface area contributed by atoms with Crippen LogP contribution in [0.25, 0.3) is 5.69 Å². The second-order valence-electron chi connectivity index (χ2n) is 5.72. The van der Waals surface area contributed by atoms with Gasteiger partial charge in [0.25, 0.3) is 5.91 Å². The summed E-state index contributed by atoms with van der Waals surface area (Å²) in [6.45, 7) is 7.87. The van der Waals surface area contributed by atoms with Crippen LogP contribution in [0.4, 0.5) is 0 Å². The van der Waals surface area contributed by atoms with E-state index < -0.39 is 0 Å². The second-order valence-corrected chi connectivity index (χ2v) is 5.72. The Balaban J connectivity index is 2.43. The fourth-order valence-corrected chi connectivity index (χ4v) is 2.21. The van der Waals surface area contributed by atoms with Crippen LogP contribution in [0.5, 0.6) is 5.75 Å². The van der Waals surface area contributed by atoms with Crippen LogP contribution < -0.4 is 10.1 Å². The van der Waals surface area contributed by atoms with Gasteiger partial charge in [-0.15, -0.1) is 5.10 Å². The van der Waals surface area contributed by atoms with Crippen LogP contribution in [0.15, 0.2) is 24.3 Å². The van der Waals surface area contributed by atoms with E-state index in [1.165, 1.54) is 0 Å². The SMILES string of the molecule is COc1ccc(-n2nnc(C(=O)NC(C)C)c2C(C)C)cc1. The quantitative estimate of drug-likeness (QED) is 0.921. The zero-order valence-corrected chi connectivity index (χ0v) is 13.6. The lowest BCUT2D eigenvalue weighted by Crippen LogP contribution is -2.31. The summed E-state index contributed by atoms with van der Waals surface area (Å²) in [6, 6.07) is 7.55. The van der Waals surface area contributed by atoms with Gasteiger partial charge in [0, 0.05) is 6.04 Å². The molecular weight excluding hydrogens is 280 g/mol. The minimum atomic E-state index is -0.196. The molecule has 1 heterocycles. The van der Waals surface area contributed by atoms with Crippen LogP contribution in [0, 0.1) is 0 Å². The maximum atomic E-state index is 12.3. The van der Waals surface area contributed by atoms with Gasteiger partial charge in [-0.05, 0) is 44.0 Å². The Morgan fingerprint density at radius 1 is 1.18 bits per heavy atom. The average Bonchev–Trinajstić information content (AvgIpc) is 2.91. The molecule has 0 unspecified atom stereocenters. The van der Waals surface area contributed by atoms with Crippen molar-refractivity contribution < 1.29 is 9.53 Å². The Morgan fingerprint density at radius 3 is 2.32 bits per heavy atom. The Bertz CT molecular complexity index is 645. The summed E-state index contributed by atoms with van der Waals surface area (Å²) in [5.74, 6) is 0.691. The summed E-state index contributed by atoms with van der Waals surface area (Å²) in [5.41, 5.74) is 2.02. The first-order valence-electron chi connectivity index (χ1n) is 7.35. The van der Waals surface area contributed by atoms with Gasteiger partial charge in [-0.1, -0.05) is 19.1 Å². The summed E-state index contributed by atoms with van der Waals surface area (Å²) in [7, 11) is 1.62. The van der Waals surface area contributed by atoms with Crippen LogP contribution in [0.3, 0.4) is 0 Å². The van der Waals surface area contributed by atoms with Crippen molar-refractivity contribution in [3.8, 4) is 11.4 Å². The molecule has 118 valence electrons. The van der Waals surface area contributed by atoms with Crippen molar-refractivity contribution >= 4 is 5.91 Å². The third-order valence-electron chi connectivity index (χ3n) is 3.20. The molecule has 0 saturated carbocycles. The Kier molecular flexibility index (Phi) is 4.80. The number of hydrogen-bond acceptors (Lipinski definition) is 4. The van der Waals surface area contributed by atoms with Gasteiger partial charge in [-0.25, -0.2) is 4.68 Å². The fourth-order valence-electron chi connectivity index (χ4n) is 2.21. The summed E-state index contributed by atoms with van der Waals surface area (Å²) in [5, 5.41) is 11.1. The number of carbonyl (C=O) groups excluding carboxylic acids is 1. The molecular formula is C16H22N4O2. The number of carbonyl (C=O) groups is 1. The topological polar surface area (TPSA) is 69.0 Å². The predicted molar refractivity (Wildman–Crippen MR) is 84.6 cm³/mol. The molecule has 0 aliphatic rings. The van der Waals surface area contributed by atoms with E-state index in [1.54, 1.807) is 11.8 Å². The van der Waals surface area contributed by atoms with Gasteiger partial charge in [-0.3, -0.25) is 4.79 Å². The first kappa shape index (κ1) is 16.0. The van der Waals surface area contributed by atoms with Crippen LogP contribution in [-0.4, -0.2) is 34.1 Å². The number of benzene rings is 1. The highest BCUT2D eigenvalue weighted by molar-refractivity contribution is 5.93. The van der Waals surface area contributed by atoms with Gasteiger partial charge in [0.15, 0.2) is 5.69 Å². The first-order chi connectivity index (χ1) is 10.4. The van der Waals surface area contributed by atoms with Crippen molar-refractivity contribution in [2.24, 2.45) is 0 Å². The van der Waals surface area contributed by atoms with E-state index in [-0.39, 0.29) is 17.9 Å². The molecule has 1 aromatic carbocycles. The molecule has 1 N–H and O–H groups in total. The molecule has 0 aliphatic heterocycles. The van der Waals surface area contributed by atoms with E-state index in [9.17, 15) is 4.79 Å². The van der Waals surface area contributed by atoms with E-state index in [4.69, 9.17) is 4.74 Å². The van der Waals surface area contributed by atoms with Gasteiger partial charge in [0.05, 0.1) is 18.5 Å². The lowest BCUT2D eigenvalue weighted by molar-refractivity contribution is 0.0936. The van der Waals surface area contributed by atoms with Crippen LogP contribution >= 0.6 is 0 Å². The largest absolute Gasteiger partial charge is 0.497 e. The number of methoxy groups -OCH3 is 1. The number of hydrogen-bond donors (Lipinski definition) is 1. The smallest absolute Gasteiger partial charge is 0.273 e. The third-order valence-corrected chi connectivity index (χ3v) is 3.20. The zero-order chi connectivity index (χ0) is 16.3. The predicted octanol–water partition coefficient (Wildman–Crippen LogP) is 2.54. The zero-order valence-electron chi connectivity index (χ0n) is 13.6. The normalized spacial score (nSPS) is 11.0. The van der Waals surface area contributed by atoms with Crippen molar-refractivity contribution in [1.82, 2.24) is 20.3 Å². The molecule has 0 fully saturated rings. The van der Waals surface area contributed by atoms with Crippen molar-refractivity contribution in [3.63, 3.8) is 0 Å². The molecule has 0 saturated heterocycles. The lowest BCUT2D eigenvalue weighted by Gasteiger charge is -2.12. The average molecular weight is 302 g/mol. The molecule has 1 aromatic heterocycles. The van der Waals surface area contributed by atoms with E-state index in [1.807, 2.05) is 52.0 Å². The van der Waals surface area contributed by atoms with Crippen LogP contribution in [-0.2, 0) is 0 Å². The van der Waals surface area contributed by atoms with E-state index in [0.29, 0.717) is 5.69 Å². The lowest BCUT2D eigenvalue weighted by atomic mass is 10.1. The Labute approximate surface area is 130 Å². The molecule has 6 heteroatoms. The number of nitrogens with zero attached hydrogens (tertiary/aromatic N) is 3. The summed E-state index contributed by atoms with van der Waals surface area (Å²) < 4.78 is 6.87. The molecule has 0 atom stereocenters. The minimum Gasteiger partial charge on any atom is -0.497 e. The van der Waals surface area contributed by atoms with E-state index in [2.05, 4.69) is 15.6 Å². The van der Waals surface area contributed by atoms with Gasteiger partial charge in [0.1, 0.15) is 5.75 Å². The Hall–Kier alpha value is -2.37. The molecule has 22 heavy (non-hydrogen) atoms. The monoisotopic (exact) mass is 302 g/mol. The van der Waals surface area contributed by atoms with E-state index in [0.717, 1.165) is 17.1 Å². The van der Waals surface area contributed by atoms with Crippen molar-refractivity contribution in [1.29, 1.82) is 0 Å². The fraction of sp³-hybridized carbons (Fsp3) is 0.438. The van der Waals surface area contributed by atoms with Gasteiger partial charge in [-0.2, -0.15) is 0 Å². The summed E-state index contributed by atoms with van der Waals surface area (Å²) >= 11 is 0. The van der Waals surface area contributed by atoms with Gasteiger partial charge < -0.3 is 10.1 Å². The highest BCUT2D eigenvalue weighted by Crippen LogP contribution is 2.23. The van der Waals surface area contributed by atoms with E-state index >= 15 is 0 Å². The second kappa shape index (κ2) is 6.60. The maximum Gasteiger partial charge on any atom is 0.273 e. The third kappa shape index (κ3) is 3.27. The number of aromatic nitrogens is 3.